The summed E-state index contributed by atoms with van der Waals surface area (Å²) in [5.41, 5.74) is 0.721. The van der Waals surface area contributed by atoms with Crippen LogP contribution in [-0.2, 0) is 16.6 Å². The second-order valence-electron chi connectivity index (χ2n) is 5.19. The number of halogens is 2. The molecule has 0 radical (unpaired) electrons. The van der Waals surface area contributed by atoms with Crippen molar-refractivity contribution in [2.75, 3.05) is 13.3 Å². The van der Waals surface area contributed by atoms with Gasteiger partial charge in [-0.05, 0) is 35.9 Å². The van der Waals surface area contributed by atoms with Crippen LogP contribution in [0.2, 0.25) is 5.02 Å². The van der Waals surface area contributed by atoms with Gasteiger partial charge in [-0.2, -0.15) is 4.31 Å². The second kappa shape index (κ2) is 6.58. The number of nitrogens with zero attached hydrogens (tertiary/aromatic N) is 1. The minimum atomic E-state index is -3.98. The number of benzene rings is 2. The predicted octanol–water partition coefficient (Wildman–Crippen LogP) is 3.42. The summed E-state index contributed by atoms with van der Waals surface area (Å²) in [6.45, 7) is 2.12. The fraction of sp³-hybridized carbons (Fsp3) is 0.250. The summed E-state index contributed by atoms with van der Waals surface area (Å²) < 4.78 is 51.2. The molecule has 24 heavy (non-hydrogen) atoms. The van der Waals surface area contributed by atoms with Crippen molar-refractivity contribution < 1.29 is 22.3 Å². The summed E-state index contributed by atoms with van der Waals surface area (Å²) in [6.07, 6.45) is 0. The van der Waals surface area contributed by atoms with Crippen LogP contribution in [0, 0.1) is 5.82 Å². The second-order valence-corrected chi connectivity index (χ2v) is 7.54. The van der Waals surface area contributed by atoms with Crippen LogP contribution in [0.1, 0.15) is 12.5 Å². The maximum Gasteiger partial charge on any atom is 0.246 e. The van der Waals surface area contributed by atoms with E-state index in [9.17, 15) is 12.8 Å². The fourth-order valence-corrected chi connectivity index (χ4v) is 4.07. The molecule has 5 nitrogen and oxygen atoms in total. The van der Waals surface area contributed by atoms with Crippen molar-refractivity contribution in [3.63, 3.8) is 0 Å². The molecule has 0 aliphatic carbocycles. The third kappa shape index (κ3) is 3.19. The van der Waals surface area contributed by atoms with Crippen LogP contribution in [0.5, 0.6) is 11.5 Å². The van der Waals surface area contributed by atoms with Crippen molar-refractivity contribution in [2.24, 2.45) is 0 Å². The highest BCUT2D eigenvalue weighted by Gasteiger charge is 2.27. The van der Waals surface area contributed by atoms with Gasteiger partial charge in [0.15, 0.2) is 11.5 Å². The zero-order valence-corrected chi connectivity index (χ0v) is 14.4. The van der Waals surface area contributed by atoms with Crippen LogP contribution in [0.25, 0.3) is 0 Å². The Labute approximate surface area is 144 Å². The van der Waals surface area contributed by atoms with Crippen LogP contribution < -0.4 is 9.47 Å². The average molecular weight is 372 g/mol. The van der Waals surface area contributed by atoms with Crippen molar-refractivity contribution in [2.45, 2.75) is 18.4 Å². The van der Waals surface area contributed by atoms with E-state index in [-0.39, 0.29) is 24.9 Å². The first-order valence-corrected chi connectivity index (χ1v) is 9.07. The van der Waals surface area contributed by atoms with Gasteiger partial charge in [0.2, 0.25) is 16.8 Å². The molecule has 2 aromatic carbocycles. The van der Waals surface area contributed by atoms with E-state index in [1.165, 1.54) is 16.4 Å². The van der Waals surface area contributed by atoms with E-state index >= 15 is 0 Å². The molecule has 1 heterocycles. The summed E-state index contributed by atoms with van der Waals surface area (Å²) in [5.74, 6) is 0.318. The van der Waals surface area contributed by atoms with Gasteiger partial charge in [-0.1, -0.05) is 24.6 Å². The zero-order valence-electron chi connectivity index (χ0n) is 12.8. The van der Waals surface area contributed by atoms with Crippen molar-refractivity contribution in [1.29, 1.82) is 0 Å². The summed E-state index contributed by atoms with van der Waals surface area (Å²) in [4.78, 5) is -0.394. The molecule has 128 valence electrons. The Kier molecular flexibility index (Phi) is 4.67. The number of ether oxygens (including phenoxy) is 2. The molecular weight excluding hydrogens is 357 g/mol. The lowest BCUT2D eigenvalue weighted by Gasteiger charge is -2.21. The average Bonchev–Trinajstić information content (AvgIpc) is 2.99. The van der Waals surface area contributed by atoms with Crippen LogP contribution in [-0.4, -0.2) is 26.1 Å². The highest BCUT2D eigenvalue weighted by molar-refractivity contribution is 7.89. The quantitative estimate of drug-likeness (QED) is 0.808. The predicted molar refractivity (Wildman–Crippen MR) is 87.2 cm³/mol. The van der Waals surface area contributed by atoms with Gasteiger partial charge in [-0.3, -0.25) is 0 Å². The van der Waals surface area contributed by atoms with Gasteiger partial charge in [-0.25, -0.2) is 12.8 Å². The Morgan fingerprint density at radius 1 is 1.17 bits per heavy atom. The first kappa shape index (κ1) is 17.0. The third-order valence-electron chi connectivity index (χ3n) is 3.66. The van der Waals surface area contributed by atoms with Crippen LogP contribution >= 0.6 is 11.6 Å². The topological polar surface area (TPSA) is 55.8 Å². The largest absolute Gasteiger partial charge is 0.454 e. The summed E-state index contributed by atoms with van der Waals surface area (Å²) in [5, 5.41) is 0.144. The zero-order chi connectivity index (χ0) is 17.3. The van der Waals surface area contributed by atoms with E-state index in [0.717, 1.165) is 11.6 Å². The molecule has 0 aromatic heterocycles. The molecule has 1 aliphatic heterocycles. The highest BCUT2D eigenvalue weighted by Crippen LogP contribution is 2.33. The maximum atomic E-state index is 14.0. The highest BCUT2D eigenvalue weighted by atomic mass is 35.5. The first-order chi connectivity index (χ1) is 11.4. The summed E-state index contributed by atoms with van der Waals surface area (Å²) in [7, 11) is -3.98. The molecule has 0 spiro atoms. The van der Waals surface area contributed by atoms with Gasteiger partial charge >= 0.3 is 0 Å². The number of hydrogen-bond acceptors (Lipinski definition) is 4. The lowest BCUT2D eigenvalue weighted by atomic mass is 10.2. The van der Waals surface area contributed by atoms with E-state index < -0.39 is 20.7 Å². The van der Waals surface area contributed by atoms with E-state index in [0.29, 0.717) is 11.5 Å². The third-order valence-corrected chi connectivity index (χ3v) is 5.85. The maximum absolute atomic E-state index is 14.0. The molecule has 0 fully saturated rings. The van der Waals surface area contributed by atoms with Crippen molar-refractivity contribution in [3.8, 4) is 11.5 Å². The molecule has 0 N–H and O–H groups in total. The molecule has 8 heteroatoms. The number of sulfonamides is 1. The molecule has 0 saturated heterocycles. The van der Waals surface area contributed by atoms with Gasteiger partial charge in [0.25, 0.3) is 0 Å². The Balaban J connectivity index is 1.90. The number of hydrogen-bond donors (Lipinski definition) is 0. The molecule has 1 aliphatic rings. The SMILES string of the molecule is CCN(Cc1ccc2c(c1)OCO2)S(=O)(=O)c1ccc(Cl)cc1F. The molecule has 0 saturated carbocycles. The monoisotopic (exact) mass is 371 g/mol. The molecule has 0 atom stereocenters. The van der Waals surface area contributed by atoms with Crippen LogP contribution in [0.3, 0.4) is 0 Å². The minimum Gasteiger partial charge on any atom is -0.454 e. The normalized spacial score (nSPS) is 13.5. The Morgan fingerprint density at radius 2 is 1.92 bits per heavy atom. The fourth-order valence-electron chi connectivity index (χ4n) is 2.43. The van der Waals surface area contributed by atoms with Gasteiger partial charge < -0.3 is 9.47 Å². The van der Waals surface area contributed by atoms with Gasteiger partial charge in [0.05, 0.1) is 0 Å². The standard InChI is InChI=1S/C16H15ClFNO4S/c1-2-19(9-11-3-5-14-15(7-11)23-10-22-14)24(20,21)16-6-4-12(17)8-13(16)18/h3-8H,2,9-10H2,1H3. The molecule has 0 bridgehead atoms. The number of fused-ring (bicyclic) bond motifs is 1. The van der Waals surface area contributed by atoms with E-state index in [1.807, 2.05) is 0 Å². The lowest BCUT2D eigenvalue weighted by Crippen LogP contribution is -2.31. The molecule has 2 aromatic rings. The minimum absolute atomic E-state index is 0.0948. The van der Waals surface area contributed by atoms with E-state index in [2.05, 4.69) is 0 Å². The Morgan fingerprint density at radius 3 is 2.62 bits per heavy atom. The first-order valence-electron chi connectivity index (χ1n) is 7.25. The smallest absolute Gasteiger partial charge is 0.246 e. The molecule has 0 amide bonds. The van der Waals surface area contributed by atoms with Crippen molar-refractivity contribution >= 4 is 21.6 Å². The van der Waals surface area contributed by atoms with Gasteiger partial charge in [0, 0.05) is 18.1 Å². The number of rotatable bonds is 5. The van der Waals surface area contributed by atoms with Crippen LogP contribution in [0.4, 0.5) is 4.39 Å². The van der Waals surface area contributed by atoms with Crippen molar-refractivity contribution in [3.05, 3.63) is 52.8 Å². The summed E-state index contributed by atoms with van der Waals surface area (Å²) in [6, 6.07) is 8.72. The Bertz CT molecular complexity index is 872. The molecule has 0 unspecified atom stereocenters. The van der Waals surface area contributed by atoms with Gasteiger partial charge in [-0.15, -0.1) is 0 Å². The van der Waals surface area contributed by atoms with E-state index in [4.69, 9.17) is 21.1 Å². The van der Waals surface area contributed by atoms with Crippen molar-refractivity contribution in [1.82, 2.24) is 4.31 Å². The molecule has 3 rings (SSSR count). The van der Waals surface area contributed by atoms with E-state index in [1.54, 1.807) is 25.1 Å². The Hall–Kier alpha value is -1.83. The summed E-state index contributed by atoms with van der Waals surface area (Å²) >= 11 is 5.69. The van der Waals surface area contributed by atoms with Crippen LogP contribution in [0.15, 0.2) is 41.3 Å². The van der Waals surface area contributed by atoms with Gasteiger partial charge in [0.1, 0.15) is 10.7 Å². The lowest BCUT2D eigenvalue weighted by molar-refractivity contribution is 0.174. The molecular formula is C16H15ClFNO4S.